The Labute approximate surface area is 211 Å². The lowest BCUT2D eigenvalue weighted by Crippen LogP contribution is -2.54. The molecule has 0 unspecified atom stereocenters. The normalized spacial score (nSPS) is 18.8. The van der Waals surface area contributed by atoms with Gasteiger partial charge in [-0.15, -0.1) is 0 Å². The second-order valence-electron chi connectivity index (χ2n) is 9.22. The average Bonchev–Trinajstić information content (AvgIpc) is 3.29. The molecule has 8 nitrogen and oxygen atoms in total. The quantitative estimate of drug-likeness (QED) is 0.494. The van der Waals surface area contributed by atoms with Gasteiger partial charge in [-0.2, -0.15) is 18.3 Å². The number of hydrogen-bond donors (Lipinski definition) is 1. The van der Waals surface area contributed by atoms with Crippen molar-refractivity contribution >= 4 is 22.5 Å². The SMILES string of the molecule is CC(=O)N1CC[C@](n2cc3c(N[C@H](C)c4cccc(C(F)F)c4F)nn(C)c(=O)c3cc2=O)(C(F)(F)F)C1. The maximum atomic E-state index is 14.7. The Morgan fingerprint density at radius 1 is 1.16 bits per heavy atom. The molecule has 1 N–H and O–H groups in total. The number of alkyl halides is 5. The minimum Gasteiger partial charge on any atom is -0.361 e. The minimum absolute atomic E-state index is 0.167. The van der Waals surface area contributed by atoms with E-state index in [0.717, 1.165) is 34.8 Å². The third kappa shape index (κ3) is 4.41. The molecule has 1 aromatic carbocycles. The summed E-state index contributed by atoms with van der Waals surface area (Å²) in [5.41, 5.74) is -5.64. The molecule has 1 saturated heterocycles. The Bertz CT molecular complexity index is 1530. The van der Waals surface area contributed by atoms with E-state index in [4.69, 9.17) is 0 Å². The van der Waals surface area contributed by atoms with Crippen LogP contribution in [-0.4, -0.2) is 44.4 Å². The van der Waals surface area contributed by atoms with Crippen molar-refractivity contribution < 1.29 is 31.1 Å². The highest BCUT2D eigenvalue weighted by atomic mass is 19.4. The summed E-state index contributed by atoms with van der Waals surface area (Å²) in [6, 6.07) is 3.16. The van der Waals surface area contributed by atoms with Gasteiger partial charge in [-0.1, -0.05) is 18.2 Å². The van der Waals surface area contributed by atoms with Crippen molar-refractivity contribution in [2.75, 3.05) is 18.4 Å². The predicted molar refractivity (Wildman–Crippen MR) is 126 cm³/mol. The minimum atomic E-state index is -4.94. The maximum absolute atomic E-state index is 14.7. The average molecular weight is 543 g/mol. The molecule has 38 heavy (non-hydrogen) atoms. The van der Waals surface area contributed by atoms with Crippen LogP contribution in [0.1, 0.15) is 43.9 Å². The number of aromatic nitrogens is 3. The molecule has 0 radical (unpaired) electrons. The highest BCUT2D eigenvalue weighted by Crippen LogP contribution is 2.43. The zero-order chi connectivity index (χ0) is 28.2. The van der Waals surface area contributed by atoms with Crippen molar-refractivity contribution in [3.63, 3.8) is 0 Å². The van der Waals surface area contributed by atoms with Crippen LogP contribution in [0.3, 0.4) is 0 Å². The van der Waals surface area contributed by atoms with Gasteiger partial charge in [-0.3, -0.25) is 19.0 Å². The maximum Gasteiger partial charge on any atom is 0.413 e. The van der Waals surface area contributed by atoms with Crippen molar-refractivity contribution in [2.24, 2.45) is 7.05 Å². The first kappa shape index (κ1) is 27.2. The number of likely N-dealkylation sites (tertiary alicyclic amines) is 1. The molecular formula is C24H23F6N5O3. The van der Waals surface area contributed by atoms with Crippen LogP contribution in [0, 0.1) is 5.82 Å². The highest BCUT2D eigenvalue weighted by molar-refractivity contribution is 5.90. The van der Waals surface area contributed by atoms with Gasteiger partial charge in [-0.25, -0.2) is 17.9 Å². The number of aryl methyl sites for hydroxylation is 1. The summed E-state index contributed by atoms with van der Waals surface area (Å²) < 4.78 is 85.7. The number of rotatable bonds is 5. The third-order valence-corrected chi connectivity index (χ3v) is 6.88. The number of carbonyl (C=O) groups excluding carboxylic acids is 1. The first-order chi connectivity index (χ1) is 17.7. The molecule has 0 bridgehead atoms. The summed E-state index contributed by atoms with van der Waals surface area (Å²) >= 11 is 0. The van der Waals surface area contributed by atoms with Gasteiger partial charge in [0, 0.05) is 43.7 Å². The van der Waals surface area contributed by atoms with E-state index in [9.17, 15) is 40.7 Å². The van der Waals surface area contributed by atoms with E-state index in [1.807, 2.05) is 0 Å². The van der Waals surface area contributed by atoms with Crippen molar-refractivity contribution in [3.05, 3.63) is 68.1 Å². The highest BCUT2D eigenvalue weighted by Gasteiger charge is 2.60. The van der Waals surface area contributed by atoms with Gasteiger partial charge in [0.15, 0.2) is 11.4 Å². The lowest BCUT2D eigenvalue weighted by atomic mass is 9.96. The number of benzene rings is 1. The molecule has 2 aromatic heterocycles. The first-order valence-electron chi connectivity index (χ1n) is 11.5. The lowest BCUT2D eigenvalue weighted by Gasteiger charge is -2.34. The van der Waals surface area contributed by atoms with Gasteiger partial charge in [-0.05, 0) is 13.3 Å². The van der Waals surface area contributed by atoms with Gasteiger partial charge in [0.2, 0.25) is 5.91 Å². The van der Waals surface area contributed by atoms with E-state index in [0.29, 0.717) is 4.57 Å². The van der Waals surface area contributed by atoms with Gasteiger partial charge in [0.1, 0.15) is 5.82 Å². The number of amides is 1. The van der Waals surface area contributed by atoms with E-state index >= 15 is 0 Å². The van der Waals surface area contributed by atoms with Crippen LogP contribution in [0.2, 0.25) is 0 Å². The zero-order valence-electron chi connectivity index (χ0n) is 20.4. The Balaban J connectivity index is 1.90. The number of pyridine rings is 1. The molecule has 1 aliphatic rings. The van der Waals surface area contributed by atoms with Gasteiger partial charge in [0.25, 0.3) is 17.5 Å². The fourth-order valence-electron chi connectivity index (χ4n) is 4.74. The topological polar surface area (TPSA) is 89.2 Å². The molecule has 0 aliphatic carbocycles. The van der Waals surface area contributed by atoms with Crippen LogP contribution >= 0.6 is 0 Å². The Morgan fingerprint density at radius 3 is 2.39 bits per heavy atom. The number of fused-ring (bicyclic) bond motifs is 1. The lowest BCUT2D eigenvalue weighted by molar-refractivity contribution is -0.211. The van der Waals surface area contributed by atoms with Crippen LogP contribution < -0.4 is 16.4 Å². The van der Waals surface area contributed by atoms with Gasteiger partial charge >= 0.3 is 6.18 Å². The number of hydrogen-bond acceptors (Lipinski definition) is 5. The molecule has 1 amide bonds. The molecule has 4 rings (SSSR count). The van der Waals surface area contributed by atoms with Crippen LogP contribution in [0.5, 0.6) is 0 Å². The van der Waals surface area contributed by atoms with Crippen LogP contribution in [0.25, 0.3) is 10.8 Å². The van der Waals surface area contributed by atoms with Gasteiger partial charge < -0.3 is 10.2 Å². The second-order valence-corrected chi connectivity index (χ2v) is 9.22. The molecule has 2 atom stereocenters. The van der Waals surface area contributed by atoms with Gasteiger partial charge in [0.05, 0.1) is 23.5 Å². The summed E-state index contributed by atoms with van der Waals surface area (Å²) in [4.78, 5) is 38.5. The zero-order valence-corrected chi connectivity index (χ0v) is 20.4. The fourth-order valence-corrected chi connectivity index (χ4v) is 4.74. The molecular weight excluding hydrogens is 520 g/mol. The van der Waals surface area contributed by atoms with Crippen LogP contribution in [0.15, 0.2) is 40.1 Å². The summed E-state index contributed by atoms with van der Waals surface area (Å²) in [5, 5.41) is 6.39. The first-order valence-corrected chi connectivity index (χ1v) is 11.5. The summed E-state index contributed by atoms with van der Waals surface area (Å²) in [7, 11) is 1.25. The third-order valence-electron chi connectivity index (χ3n) is 6.88. The van der Waals surface area contributed by atoms with E-state index in [-0.39, 0.29) is 28.7 Å². The Morgan fingerprint density at radius 2 is 1.82 bits per heavy atom. The summed E-state index contributed by atoms with van der Waals surface area (Å²) in [6.45, 7) is 1.49. The molecule has 0 saturated carbocycles. The molecule has 1 aliphatic heterocycles. The second kappa shape index (κ2) is 9.48. The number of nitrogens with zero attached hydrogens (tertiary/aromatic N) is 4. The summed E-state index contributed by atoms with van der Waals surface area (Å²) in [5.74, 6) is -1.94. The molecule has 0 spiro atoms. The number of anilines is 1. The number of nitrogens with one attached hydrogen (secondary N) is 1. The van der Waals surface area contributed by atoms with Crippen molar-refractivity contribution in [1.29, 1.82) is 0 Å². The Hall–Kier alpha value is -3.84. The number of halogens is 6. The Kier molecular flexibility index (Phi) is 6.78. The number of carbonyl (C=O) groups is 1. The van der Waals surface area contributed by atoms with E-state index in [1.165, 1.54) is 26.1 Å². The largest absolute Gasteiger partial charge is 0.413 e. The van der Waals surface area contributed by atoms with Crippen molar-refractivity contribution in [1.82, 2.24) is 19.2 Å². The molecule has 1 fully saturated rings. The fraction of sp³-hybridized carbons (Fsp3) is 0.417. The van der Waals surface area contributed by atoms with E-state index < -0.39 is 65.6 Å². The molecule has 14 heteroatoms. The standard InChI is InChI=1S/C24H23F6N5O3/c1-12(14-5-4-6-15(19(14)25)20(26)27)31-21-17-10-35(18(37)9-16(17)22(38)33(3)32-21)23(24(28,29)30)7-8-34(11-23)13(2)36/h4-6,9-10,12,20H,7-8,11H2,1-3H3,(H,31,32)/t12-,23-/m1/s1. The summed E-state index contributed by atoms with van der Waals surface area (Å²) in [6.07, 6.45) is -7.76. The van der Waals surface area contributed by atoms with Crippen LogP contribution in [0.4, 0.5) is 32.2 Å². The smallest absolute Gasteiger partial charge is 0.361 e. The molecule has 3 aromatic rings. The monoisotopic (exact) mass is 543 g/mol. The van der Waals surface area contributed by atoms with Crippen molar-refractivity contribution in [2.45, 2.75) is 44.5 Å². The predicted octanol–water partition coefficient (Wildman–Crippen LogP) is 3.85. The molecule has 204 valence electrons. The van der Waals surface area contributed by atoms with E-state index in [1.54, 1.807) is 0 Å². The molecule has 3 heterocycles. The van der Waals surface area contributed by atoms with E-state index in [2.05, 4.69) is 10.4 Å². The van der Waals surface area contributed by atoms with Crippen LogP contribution in [-0.2, 0) is 17.4 Å². The van der Waals surface area contributed by atoms with Crippen molar-refractivity contribution in [3.8, 4) is 0 Å².